The number of carbonyl (C=O) groups is 1. The molecule has 0 rings (SSSR count). The molecule has 0 bridgehead atoms. The molecule has 10 heavy (non-hydrogen) atoms. The van der Waals surface area contributed by atoms with Crippen LogP contribution in [0, 0.1) is 0 Å². The second-order valence-electron chi connectivity index (χ2n) is 2.51. The van der Waals surface area contributed by atoms with E-state index in [1.165, 1.54) is 19.3 Å². The topological polar surface area (TPSA) is 52.1 Å². The van der Waals surface area contributed by atoms with Crippen LogP contribution < -0.4 is 6.15 Å². The highest BCUT2D eigenvalue weighted by Crippen LogP contribution is 2.01. The second-order valence-corrected chi connectivity index (χ2v) is 2.51. The van der Waals surface area contributed by atoms with Gasteiger partial charge in [-0.05, 0) is 13.3 Å². The van der Waals surface area contributed by atoms with Crippen molar-refractivity contribution in [1.82, 2.24) is 6.15 Å². The molecule has 0 unspecified atom stereocenters. The molecule has 2 nitrogen and oxygen atoms in total. The van der Waals surface area contributed by atoms with E-state index in [0.717, 1.165) is 12.8 Å². The third-order valence-corrected chi connectivity index (χ3v) is 1.38. The van der Waals surface area contributed by atoms with Crippen molar-refractivity contribution in [1.29, 1.82) is 0 Å². The normalized spacial score (nSPS) is 8.60. The highest BCUT2D eigenvalue weighted by atomic mass is 16.1. The molecule has 0 aliphatic carbocycles. The molecular weight excluding hydrogens is 126 g/mol. The summed E-state index contributed by atoms with van der Waals surface area (Å²) in [5, 5.41) is 0. The Kier molecular flexibility index (Phi) is 10.6. The van der Waals surface area contributed by atoms with Crippen molar-refractivity contribution in [2.75, 3.05) is 0 Å². The number of unbranched alkanes of at least 4 members (excludes halogenated alkanes) is 3. The lowest BCUT2D eigenvalue weighted by atomic mass is 10.1. The van der Waals surface area contributed by atoms with E-state index in [-0.39, 0.29) is 6.15 Å². The van der Waals surface area contributed by atoms with Crippen LogP contribution in [0.25, 0.3) is 0 Å². The van der Waals surface area contributed by atoms with Gasteiger partial charge in [-0.25, -0.2) is 0 Å². The predicted octanol–water partition coefficient (Wildman–Crippen LogP) is 2.71. The minimum absolute atomic E-state index is 0. The first kappa shape index (κ1) is 12.3. The Hall–Kier alpha value is -0.370. The average Bonchev–Trinajstić information content (AvgIpc) is 1.80. The summed E-state index contributed by atoms with van der Waals surface area (Å²) in [6, 6.07) is 0. The van der Waals surface area contributed by atoms with Gasteiger partial charge in [0.15, 0.2) is 0 Å². The first-order valence-electron chi connectivity index (χ1n) is 3.76. The number of hydrogen-bond donors (Lipinski definition) is 1. The summed E-state index contributed by atoms with van der Waals surface area (Å²) in [7, 11) is 0. The van der Waals surface area contributed by atoms with Gasteiger partial charge in [0.25, 0.3) is 0 Å². The number of hydrogen-bond acceptors (Lipinski definition) is 2. The fourth-order valence-corrected chi connectivity index (χ4v) is 0.801. The zero-order valence-corrected chi connectivity index (χ0v) is 7.15. The van der Waals surface area contributed by atoms with Gasteiger partial charge >= 0.3 is 0 Å². The average molecular weight is 145 g/mol. The third-order valence-electron chi connectivity index (χ3n) is 1.38. The van der Waals surface area contributed by atoms with Crippen LogP contribution in [-0.2, 0) is 4.79 Å². The van der Waals surface area contributed by atoms with E-state index in [0.29, 0.717) is 5.78 Å². The Morgan fingerprint density at radius 1 is 1.20 bits per heavy atom. The lowest BCUT2D eigenvalue weighted by Crippen LogP contribution is -1.88. The zero-order valence-electron chi connectivity index (χ0n) is 7.15. The van der Waals surface area contributed by atoms with Gasteiger partial charge in [0, 0.05) is 6.42 Å². The fraction of sp³-hybridized carbons (Fsp3) is 0.875. The fourth-order valence-electron chi connectivity index (χ4n) is 0.801. The Morgan fingerprint density at radius 2 is 1.80 bits per heavy atom. The van der Waals surface area contributed by atoms with Crippen LogP contribution in [0.2, 0.25) is 0 Å². The number of carbonyl (C=O) groups excluding carboxylic acids is 1. The maximum atomic E-state index is 10.4. The van der Waals surface area contributed by atoms with Gasteiger partial charge in [-0.1, -0.05) is 26.2 Å². The summed E-state index contributed by atoms with van der Waals surface area (Å²) in [5.74, 6) is 0.325. The van der Waals surface area contributed by atoms with Gasteiger partial charge in [-0.2, -0.15) is 0 Å². The Balaban J connectivity index is 0. The number of ketones is 1. The highest BCUT2D eigenvalue weighted by molar-refractivity contribution is 5.75. The molecule has 0 aromatic rings. The molecular formula is C8H19NO. The molecule has 0 radical (unpaired) electrons. The quantitative estimate of drug-likeness (QED) is 0.605. The molecule has 0 atom stereocenters. The molecule has 0 aromatic carbocycles. The van der Waals surface area contributed by atoms with Crippen molar-refractivity contribution >= 4 is 5.78 Å². The van der Waals surface area contributed by atoms with E-state index in [1.807, 2.05) is 0 Å². The molecule has 62 valence electrons. The van der Waals surface area contributed by atoms with Crippen LogP contribution in [0.3, 0.4) is 0 Å². The van der Waals surface area contributed by atoms with Gasteiger partial charge in [0.05, 0.1) is 0 Å². The van der Waals surface area contributed by atoms with Crippen LogP contribution >= 0.6 is 0 Å². The summed E-state index contributed by atoms with van der Waals surface area (Å²) in [4.78, 5) is 10.4. The van der Waals surface area contributed by atoms with Crippen LogP contribution in [0.1, 0.15) is 46.0 Å². The monoisotopic (exact) mass is 145 g/mol. The Labute approximate surface area is 63.6 Å². The van der Waals surface area contributed by atoms with Gasteiger partial charge < -0.3 is 10.9 Å². The van der Waals surface area contributed by atoms with Crippen LogP contribution in [0.5, 0.6) is 0 Å². The summed E-state index contributed by atoms with van der Waals surface area (Å²) < 4.78 is 0. The molecule has 0 amide bonds. The van der Waals surface area contributed by atoms with E-state index in [2.05, 4.69) is 6.92 Å². The van der Waals surface area contributed by atoms with E-state index in [9.17, 15) is 4.79 Å². The molecule has 0 aliphatic heterocycles. The van der Waals surface area contributed by atoms with Crippen molar-refractivity contribution in [3.63, 3.8) is 0 Å². The van der Waals surface area contributed by atoms with Gasteiger partial charge in [0.1, 0.15) is 5.78 Å². The van der Waals surface area contributed by atoms with E-state index in [1.54, 1.807) is 6.92 Å². The second kappa shape index (κ2) is 8.63. The van der Waals surface area contributed by atoms with Gasteiger partial charge in [0.2, 0.25) is 0 Å². The Morgan fingerprint density at radius 3 is 2.20 bits per heavy atom. The minimum atomic E-state index is 0. The van der Waals surface area contributed by atoms with Crippen LogP contribution in [-0.4, -0.2) is 5.78 Å². The first-order chi connectivity index (χ1) is 4.27. The van der Waals surface area contributed by atoms with Gasteiger partial charge in [-0.3, -0.25) is 0 Å². The molecule has 0 aliphatic rings. The molecule has 0 saturated heterocycles. The van der Waals surface area contributed by atoms with Crippen LogP contribution in [0.4, 0.5) is 0 Å². The largest absolute Gasteiger partial charge is 0.344 e. The van der Waals surface area contributed by atoms with Crippen molar-refractivity contribution in [3.05, 3.63) is 0 Å². The molecule has 2 heteroatoms. The van der Waals surface area contributed by atoms with E-state index >= 15 is 0 Å². The van der Waals surface area contributed by atoms with E-state index < -0.39 is 0 Å². The molecule has 3 N–H and O–H groups in total. The molecule has 0 spiro atoms. The third kappa shape index (κ3) is 10.6. The van der Waals surface area contributed by atoms with Crippen molar-refractivity contribution in [3.8, 4) is 0 Å². The van der Waals surface area contributed by atoms with Crippen molar-refractivity contribution < 1.29 is 4.79 Å². The Bertz CT molecular complexity index is 81.3. The molecule has 0 fully saturated rings. The summed E-state index contributed by atoms with van der Waals surface area (Å²) in [5.41, 5.74) is 0. The lowest BCUT2D eigenvalue weighted by Gasteiger charge is -1.93. The summed E-state index contributed by atoms with van der Waals surface area (Å²) >= 11 is 0. The standard InChI is InChI=1S/C8H16O.H3N/c1-3-4-5-6-7-8(2)9;/h3-7H2,1-2H3;1H3. The van der Waals surface area contributed by atoms with E-state index in [4.69, 9.17) is 0 Å². The highest BCUT2D eigenvalue weighted by Gasteiger charge is 1.91. The SMILES string of the molecule is CCCCCCC(C)=O.N. The minimum Gasteiger partial charge on any atom is -0.344 e. The molecule has 0 saturated carbocycles. The smallest absolute Gasteiger partial charge is 0.129 e. The number of rotatable bonds is 5. The first-order valence-corrected chi connectivity index (χ1v) is 3.76. The van der Waals surface area contributed by atoms with Crippen molar-refractivity contribution in [2.45, 2.75) is 46.0 Å². The molecule has 0 heterocycles. The summed E-state index contributed by atoms with van der Waals surface area (Å²) in [6.45, 7) is 3.83. The lowest BCUT2D eigenvalue weighted by molar-refractivity contribution is -0.117. The maximum Gasteiger partial charge on any atom is 0.129 e. The summed E-state index contributed by atoms with van der Waals surface area (Å²) in [6.07, 6.45) is 5.60. The van der Waals surface area contributed by atoms with Crippen molar-refractivity contribution in [2.24, 2.45) is 0 Å². The predicted molar refractivity (Wildman–Crippen MR) is 44.5 cm³/mol. The number of Topliss-reactive ketones (excluding diaryl/α,β-unsaturated/α-hetero) is 1. The zero-order chi connectivity index (χ0) is 7.11. The van der Waals surface area contributed by atoms with Crippen LogP contribution in [0.15, 0.2) is 0 Å². The van der Waals surface area contributed by atoms with Gasteiger partial charge in [-0.15, -0.1) is 0 Å². The maximum absolute atomic E-state index is 10.4. The molecule has 0 aromatic heterocycles.